The molecule has 3 amide bonds. The van der Waals surface area contributed by atoms with Crippen molar-refractivity contribution in [2.45, 2.75) is 6.61 Å². The molecule has 3 aromatic carbocycles. The number of amides is 3. The normalized spacial score (nSPS) is 14.3. The van der Waals surface area contributed by atoms with Gasteiger partial charge in [-0.1, -0.05) is 28.1 Å². The van der Waals surface area contributed by atoms with Crippen LogP contribution in [0, 0.1) is 3.57 Å². The molecule has 1 heterocycles. The van der Waals surface area contributed by atoms with Crippen LogP contribution in [-0.4, -0.2) is 35.6 Å². The Morgan fingerprint density at radius 3 is 2.50 bits per heavy atom. The molecule has 1 saturated heterocycles. The molecule has 36 heavy (non-hydrogen) atoms. The number of imide groups is 1. The summed E-state index contributed by atoms with van der Waals surface area (Å²) in [6.07, 6.45) is 1.61. The zero-order chi connectivity index (χ0) is 25.7. The highest BCUT2D eigenvalue weighted by atomic mass is 127. The molecule has 184 valence electrons. The van der Waals surface area contributed by atoms with Crippen LogP contribution < -0.4 is 14.8 Å². The number of thioether (sulfide) groups is 1. The summed E-state index contributed by atoms with van der Waals surface area (Å²) in [5.74, 6) is 0.213. The van der Waals surface area contributed by atoms with Crippen molar-refractivity contribution in [1.29, 1.82) is 0 Å². The number of anilines is 1. The van der Waals surface area contributed by atoms with E-state index in [1.54, 1.807) is 43.5 Å². The van der Waals surface area contributed by atoms with E-state index >= 15 is 0 Å². The summed E-state index contributed by atoms with van der Waals surface area (Å²) in [4.78, 5) is 39.1. The van der Waals surface area contributed by atoms with Crippen LogP contribution in [-0.2, 0) is 16.2 Å². The van der Waals surface area contributed by atoms with Gasteiger partial charge >= 0.3 is 0 Å². The lowest BCUT2D eigenvalue weighted by Crippen LogP contribution is -2.36. The summed E-state index contributed by atoms with van der Waals surface area (Å²) < 4.78 is 13.0. The summed E-state index contributed by atoms with van der Waals surface area (Å²) in [5.41, 5.74) is 2.18. The maximum atomic E-state index is 13.0. The molecule has 0 bridgehead atoms. The van der Waals surface area contributed by atoms with Crippen molar-refractivity contribution in [2.75, 3.05) is 19.0 Å². The quantitative estimate of drug-likeness (QED) is 0.222. The number of carbonyl (C=O) groups excluding carboxylic acids is 3. The third-order valence-electron chi connectivity index (χ3n) is 5.12. The van der Waals surface area contributed by atoms with Crippen molar-refractivity contribution in [3.8, 4) is 11.5 Å². The van der Waals surface area contributed by atoms with Gasteiger partial charge in [0, 0.05) is 19.3 Å². The Morgan fingerprint density at radius 1 is 1.08 bits per heavy atom. The molecule has 0 spiro atoms. The number of benzene rings is 3. The summed E-state index contributed by atoms with van der Waals surface area (Å²) in [6, 6.07) is 20.2. The van der Waals surface area contributed by atoms with Gasteiger partial charge in [-0.05, 0) is 101 Å². The van der Waals surface area contributed by atoms with Gasteiger partial charge in [-0.25, -0.2) is 0 Å². The molecule has 1 N–H and O–H groups in total. The van der Waals surface area contributed by atoms with E-state index in [1.807, 2.05) is 36.4 Å². The minimum absolute atomic E-state index is 0.217. The molecule has 0 aliphatic carbocycles. The minimum Gasteiger partial charge on any atom is -0.497 e. The predicted octanol–water partition coefficient (Wildman–Crippen LogP) is 6.32. The fourth-order valence-electron chi connectivity index (χ4n) is 3.30. The molecule has 4 rings (SSSR count). The Hall–Kier alpha value is -2.83. The van der Waals surface area contributed by atoms with Gasteiger partial charge in [0.05, 0.1) is 12.0 Å². The molecule has 1 aliphatic rings. The zero-order valence-corrected chi connectivity index (χ0v) is 23.6. The highest BCUT2D eigenvalue weighted by molar-refractivity contribution is 14.1. The van der Waals surface area contributed by atoms with E-state index in [2.05, 4.69) is 43.8 Å². The average Bonchev–Trinajstić information content (AvgIpc) is 3.12. The first-order chi connectivity index (χ1) is 17.3. The van der Waals surface area contributed by atoms with Crippen LogP contribution >= 0.6 is 50.3 Å². The number of nitrogens with zero attached hydrogens (tertiary/aromatic N) is 1. The van der Waals surface area contributed by atoms with E-state index in [-0.39, 0.29) is 11.4 Å². The topological polar surface area (TPSA) is 84.9 Å². The summed E-state index contributed by atoms with van der Waals surface area (Å²) in [5, 5.41) is 2.18. The van der Waals surface area contributed by atoms with E-state index in [9.17, 15) is 14.4 Å². The molecular weight excluding hydrogens is 659 g/mol. The molecule has 3 aromatic rings. The second kappa shape index (κ2) is 11.9. The molecule has 7 nitrogen and oxygen atoms in total. The second-order valence-electron chi connectivity index (χ2n) is 7.64. The lowest BCUT2D eigenvalue weighted by molar-refractivity contribution is -0.127. The standard InChI is InChI=1S/C26H20BrIN2O5S/c1-34-21-9-7-20(8-10-21)29-24(31)14-30-25(32)23(36-26(30)33)13-17-12-18(27)4-11-22(17)35-15-16-2-5-19(28)6-3-16/h2-13H,14-15H2,1H3,(H,29,31)/b23-13+. The highest BCUT2D eigenvalue weighted by Crippen LogP contribution is 2.35. The number of carbonyl (C=O) groups is 3. The van der Waals surface area contributed by atoms with Crippen LogP contribution in [0.3, 0.4) is 0 Å². The monoisotopic (exact) mass is 678 g/mol. The van der Waals surface area contributed by atoms with Crippen LogP contribution in [0.4, 0.5) is 10.5 Å². The Bertz CT molecular complexity index is 1330. The Labute approximate surface area is 234 Å². The van der Waals surface area contributed by atoms with E-state index in [1.165, 1.54) is 0 Å². The molecule has 0 atom stereocenters. The molecular formula is C26H20BrIN2O5S. The van der Waals surface area contributed by atoms with Gasteiger partial charge in [0.25, 0.3) is 11.1 Å². The van der Waals surface area contributed by atoms with Crippen LogP contribution in [0.25, 0.3) is 6.08 Å². The van der Waals surface area contributed by atoms with Gasteiger partial charge in [0.2, 0.25) is 5.91 Å². The van der Waals surface area contributed by atoms with Gasteiger partial charge in [-0.15, -0.1) is 0 Å². The number of hydrogen-bond acceptors (Lipinski definition) is 6. The Balaban J connectivity index is 1.45. The minimum atomic E-state index is -0.529. The first kappa shape index (κ1) is 26.2. The first-order valence-corrected chi connectivity index (χ1v) is 13.4. The summed E-state index contributed by atoms with van der Waals surface area (Å²) >= 11 is 6.48. The van der Waals surface area contributed by atoms with Crippen molar-refractivity contribution in [2.24, 2.45) is 0 Å². The predicted molar refractivity (Wildman–Crippen MR) is 152 cm³/mol. The van der Waals surface area contributed by atoms with Crippen LogP contribution in [0.1, 0.15) is 11.1 Å². The number of hydrogen-bond donors (Lipinski definition) is 1. The number of ether oxygens (including phenoxy) is 2. The Morgan fingerprint density at radius 2 is 1.81 bits per heavy atom. The molecule has 10 heteroatoms. The van der Waals surface area contributed by atoms with Crippen molar-refractivity contribution >= 4 is 79.1 Å². The van der Waals surface area contributed by atoms with Crippen molar-refractivity contribution in [3.05, 3.63) is 90.8 Å². The second-order valence-corrected chi connectivity index (χ2v) is 10.8. The van der Waals surface area contributed by atoms with Crippen LogP contribution in [0.15, 0.2) is 76.1 Å². The van der Waals surface area contributed by atoms with Crippen molar-refractivity contribution < 1.29 is 23.9 Å². The van der Waals surface area contributed by atoms with Crippen LogP contribution in [0.5, 0.6) is 11.5 Å². The number of halogens is 2. The number of rotatable bonds is 8. The van der Waals surface area contributed by atoms with Crippen LogP contribution in [0.2, 0.25) is 0 Å². The molecule has 0 saturated carbocycles. The van der Waals surface area contributed by atoms with E-state index < -0.39 is 17.1 Å². The van der Waals surface area contributed by atoms with E-state index in [0.717, 1.165) is 30.3 Å². The zero-order valence-electron chi connectivity index (χ0n) is 19.0. The molecule has 0 aromatic heterocycles. The fraction of sp³-hybridized carbons (Fsp3) is 0.115. The molecule has 1 fully saturated rings. The van der Waals surface area contributed by atoms with Gasteiger partial charge in [0.15, 0.2) is 0 Å². The van der Waals surface area contributed by atoms with Gasteiger partial charge in [-0.2, -0.15) is 0 Å². The third kappa shape index (κ3) is 6.68. The maximum Gasteiger partial charge on any atom is 0.294 e. The smallest absolute Gasteiger partial charge is 0.294 e. The molecule has 0 radical (unpaired) electrons. The van der Waals surface area contributed by atoms with Gasteiger partial charge < -0.3 is 14.8 Å². The molecule has 0 unspecified atom stereocenters. The summed E-state index contributed by atoms with van der Waals surface area (Å²) in [6.45, 7) is -0.0327. The van der Waals surface area contributed by atoms with Crippen molar-refractivity contribution in [1.82, 2.24) is 4.90 Å². The first-order valence-electron chi connectivity index (χ1n) is 10.7. The van der Waals surface area contributed by atoms with Gasteiger partial charge in [-0.3, -0.25) is 19.3 Å². The summed E-state index contributed by atoms with van der Waals surface area (Å²) in [7, 11) is 1.55. The Kier molecular flexibility index (Phi) is 8.70. The number of nitrogens with one attached hydrogen (secondary N) is 1. The molecule has 1 aliphatic heterocycles. The lowest BCUT2D eigenvalue weighted by Gasteiger charge is -2.13. The SMILES string of the molecule is COc1ccc(NC(=O)CN2C(=O)S/C(=C/c3cc(Br)ccc3OCc3ccc(I)cc3)C2=O)cc1. The lowest BCUT2D eigenvalue weighted by atomic mass is 10.1. The van der Waals surface area contributed by atoms with E-state index in [0.29, 0.717) is 29.4 Å². The van der Waals surface area contributed by atoms with E-state index in [4.69, 9.17) is 9.47 Å². The maximum absolute atomic E-state index is 13.0. The number of methoxy groups -OCH3 is 1. The fourth-order valence-corrected chi connectivity index (χ4v) is 4.87. The largest absolute Gasteiger partial charge is 0.497 e. The van der Waals surface area contributed by atoms with Gasteiger partial charge in [0.1, 0.15) is 24.7 Å². The van der Waals surface area contributed by atoms with Crippen molar-refractivity contribution in [3.63, 3.8) is 0 Å². The third-order valence-corrected chi connectivity index (χ3v) is 7.23. The average molecular weight is 679 g/mol. The highest BCUT2D eigenvalue weighted by Gasteiger charge is 2.36.